The van der Waals surface area contributed by atoms with Crippen LogP contribution in [-0.4, -0.2) is 21.8 Å². The summed E-state index contributed by atoms with van der Waals surface area (Å²) in [5, 5.41) is 24.6. The number of carbonyl (C=O) groups is 2. The normalized spacial score (nSPS) is 9.96. The average molecular weight is 336 g/mol. The molecule has 9 heteroatoms. The zero-order valence-corrected chi connectivity index (χ0v) is 12.2. The van der Waals surface area contributed by atoms with Gasteiger partial charge in [-0.1, -0.05) is 23.7 Å². The van der Waals surface area contributed by atoms with E-state index in [0.717, 1.165) is 6.07 Å². The highest BCUT2D eigenvalue weighted by Gasteiger charge is 2.18. The van der Waals surface area contributed by atoms with E-state index in [1.165, 1.54) is 24.3 Å². The molecule has 2 aromatic rings. The van der Waals surface area contributed by atoms with Crippen molar-refractivity contribution in [3.05, 3.63) is 57.6 Å². The number of anilines is 2. The van der Waals surface area contributed by atoms with Crippen LogP contribution in [0.5, 0.6) is 5.75 Å². The summed E-state index contributed by atoms with van der Waals surface area (Å²) in [6, 6.07) is 9.46. The van der Waals surface area contributed by atoms with Gasteiger partial charge in [0.15, 0.2) is 0 Å². The number of benzene rings is 2. The van der Waals surface area contributed by atoms with Gasteiger partial charge in [0.05, 0.1) is 10.6 Å². The fourth-order valence-electron chi connectivity index (χ4n) is 1.68. The topological polar surface area (TPSA) is 122 Å². The number of nitrogens with zero attached hydrogens (tertiary/aromatic N) is 1. The van der Waals surface area contributed by atoms with Crippen molar-refractivity contribution in [1.82, 2.24) is 0 Å². The van der Waals surface area contributed by atoms with Crippen LogP contribution in [-0.2, 0) is 9.59 Å². The highest BCUT2D eigenvalue weighted by molar-refractivity contribution is 6.43. The summed E-state index contributed by atoms with van der Waals surface area (Å²) >= 11 is 5.65. The molecule has 118 valence electrons. The molecule has 0 atom stereocenters. The van der Waals surface area contributed by atoms with E-state index in [-0.39, 0.29) is 22.1 Å². The molecule has 0 radical (unpaired) electrons. The fourth-order valence-corrected chi connectivity index (χ4v) is 1.86. The molecule has 3 N–H and O–H groups in total. The van der Waals surface area contributed by atoms with E-state index in [1.807, 2.05) is 0 Å². The number of carbonyl (C=O) groups excluding carboxylic acids is 2. The minimum Gasteiger partial charge on any atom is -0.506 e. The van der Waals surface area contributed by atoms with E-state index in [1.54, 1.807) is 12.1 Å². The van der Waals surface area contributed by atoms with E-state index in [9.17, 15) is 24.8 Å². The van der Waals surface area contributed by atoms with Gasteiger partial charge < -0.3 is 15.7 Å². The van der Waals surface area contributed by atoms with Gasteiger partial charge in [0, 0.05) is 11.8 Å². The first-order valence-electron chi connectivity index (χ1n) is 6.22. The van der Waals surface area contributed by atoms with Crippen LogP contribution < -0.4 is 10.6 Å². The molecule has 2 aromatic carbocycles. The Kier molecular flexibility index (Phi) is 4.77. The molecule has 0 aromatic heterocycles. The lowest BCUT2D eigenvalue weighted by atomic mass is 10.2. The van der Waals surface area contributed by atoms with Crippen LogP contribution in [0.25, 0.3) is 0 Å². The van der Waals surface area contributed by atoms with E-state index in [4.69, 9.17) is 11.6 Å². The monoisotopic (exact) mass is 335 g/mol. The van der Waals surface area contributed by atoms with Gasteiger partial charge in [-0.25, -0.2) is 0 Å². The van der Waals surface area contributed by atoms with Crippen LogP contribution in [0, 0.1) is 10.1 Å². The zero-order valence-electron chi connectivity index (χ0n) is 11.4. The molecule has 0 saturated heterocycles. The average Bonchev–Trinajstić information content (AvgIpc) is 2.51. The summed E-state index contributed by atoms with van der Waals surface area (Å²) in [5.41, 5.74) is -0.293. The van der Waals surface area contributed by atoms with Crippen molar-refractivity contribution in [2.24, 2.45) is 0 Å². The Hall–Kier alpha value is -3.13. The first-order valence-corrected chi connectivity index (χ1v) is 6.60. The standard InChI is InChI=1S/C14H10ClN3O5/c15-9-6-5-8(7-11(9)18(22)23)16-13(20)14(21)17-10-3-1-2-4-12(10)19/h1-7,19H,(H,16,20)(H,17,21). The van der Waals surface area contributed by atoms with E-state index in [0.29, 0.717) is 0 Å². The minimum absolute atomic E-state index is 0.0403. The summed E-state index contributed by atoms with van der Waals surface area (Å²) in [6.45, 7) is 0. The number of nitro groups is 1. The summed E-state index contributed by atoms with van der Waals surface area (Å²) in [7, 11) is 0. The van der Waals surface area contributed by atoms with Crippen molar-refractivity contribution in [1.29, 1.82) is 0 Å². The van der Waals surface area contributed by atoms with Gasteiger partial charge in [-0.05, 0) is 24.3 Å². The summed E-state index contributed by atoms with van der Waals surface area (Å²) in [6.07, 6.45) is 0. The molecule has 8 nitrogen and oxygen atoms in total. The van der Waals surface area contributed by atoms with Crippen LogP contribution in [0.15, 0.2) is 42.5 Å². The Balaban J connectivity index is 2.10. The molecule has 23 heavy (non-hydrogen) atoms. The SMILES string of the molecule is O=C(Nc1ccc(Cl)c([N+](=O)[O-])c1)C(=O)Nc1ccccc1O. The van der Waals surface area contributed by atoms with Gasteiger partial charge in [0.25, 0.3) is 5.69 Å². The van der Waals surface area contributed by atoms with Crippen molar-refractivity contribution in [2.45, 2.75) is 0 Å². The Bertz CT molecular complexity index is 794. The van der Waals surface area contributed by atoms with Gasteiger partial charge in [-0.3, -0.25) is 19.7 Å². The predicted octanol–water partition coefficient (Wildman–Crippen LogP) is 2.53. The third kappa shape index (κ3) is 3.95. The molecule has 2 amide bonds. The molecule has 0 aliphatic rings. The number of phenols is 1. The first kappa shape index (κ1) is 16.2. The molecule has 0 heterocycles. The number of hydrogen-bond donors (Lipinski definition) is 3. The molecular formula is C14H10ClN3O5. The van der Waals surface area contributed by atoms with Gasteiger partial charge >= 0.3 is 11.8 Å². The van der Waals surface area contributed by atoms with Crippen molar-refractivity contribution < 1.29 is 19.6 Å². The molecule has 0 bridgehead atoms. The summed E-state index contributed by atoms with van der Waals surface area (Å²) < 4.78 is 0. The highest BCUT2D eigenvalue weighted by atomic mass is 35.5. The van der Waals surface area contributed by atoms with Crippen LogP contribution in [0.2, 0.25) is 5.02 Å². The molecule has 0 unspecified atom stereocenters. The molecule has 0 saturated carbocycles. The van der Waals surface area contributed by atoms with Crippen LogP contribution in [0.4, 0.5) is 17.1 Å². The fraction of sp³-hybridized carbons (Fsp3) is 0. The van der Waals surface area contributed by atoms with E-state index >= 15 is 0 Å². The second-order valence-corrected chi connectivity index (χ2v) is 4.76. The molecular weight excluding hydrogens is 326 g/mol. The van der Waals surface area contributed by atoms with Crippen molar-refractivity contribution in [3.63, 3.8) is 0 Å². The van der Waals surface area contributed by atoms with Crippen molar-refractivity contribution in [2.75, 3.05) is 10.6 Å². The van der Waals surface area contributed by atoms with Gasteiger partial charge in [0.1, 0.15) is 10.8 Å². The summed E-state index contributed by atoms with van der Waals surface area (Å²) in [4.78, 5) is 33.6. The van der Waals surface area contributed by atoms with Crippen molar-refractivity contribution in [3.8, 4) is 5.75 Å². The lowest BCUT2D eigenvalue weighted by Gasteiger charge is -2.08. The molecule has 0 aliphatic heterocycles. The number of rotatable bonds is 3. The predicted molar refractivity (Wildman–Crippen MR) is 83.5 cm³/mol. The third-order valence-corrected chi connectivity index (χ3v) is 3.08. The number of nitrogens with one attached hydrogen (secondary N) is 2. The van der Waals surface area contributed by atoms with Gasteiger partial charge in [0.2, 0.25) is 0 Å². The largest absolute Gasteiger partial charge is 0.506 e. The number of hydrogen-bond acceptors (Lipinski definition) is 5. The number of nitro benzene ring substituents is 1. The first-order chi connectivity index (χ1) is 10.9. The molecule has 0 spiro atoms. The van der Waals surface area contributed by atoms with Crippen LogP contribution in [0.1, 0.15) is 0 Å². The molecule has 2 rings (SSSR count). The molecule has 0 fully saturated rings. The quantitative estimate of drug-likeness (QED) is 0.344. The number of aromatic hydroxyl groups is 1. The lowest BCUT2D eigenvalue weighted by Crippen LogP contribution is -2.29. The van der Waals surface area contributed by atoms with Gasteiger partial charge in [-0.15, -0.1) is 0 Å². The third-order valence-electron chi connectivity index (χ3n) is 2.76. The summed E-state index contributed by atoms with van der Waals surface area (Å²) in [5.74, 6) is -2.29. The van der Waals surface area contributed by atoms with Crippen LogP contribution in [0.3, 0.4) is 0 Å². The number of amides is 2. The Morgan fingerprint density at radius 2 is 1.74 bits per heavy atom. The second kappa shape index (κ2) is 6.75. The Morgan fingerprint density at radius 1 is 1.09 bits per heavy atom. The maximum atomic E-state index is 11.8. The number of para-hydroxylation sites is 2. The Morgan fingerprint density at radius 3 is 2.39 bits per heavy atom. The van der Waals surface area contributed by atoms with Crippen LogP contribution >= 0.6 is 11.6 Å². The minimum atomic E-state index is -1.05. The number of halogens is 1. The van der Waals surface area contributed by atoms with E-state index in [2.05, 4.69) is 10.6 Å². The lowest BCUT2D eigenvalue weighted by molar-refractivity contribution is -0.384. The van der Waals surface area contributed by atoms with Gasteiger partial charge in [-0.2, -0.15) is 0 Å². The Labute approximate surface area is 134 Å². The number of phenolic OH excluding ortho intramolecular Hbond substituents is 1. The smallest absolute Gasteiger partial charge is 0.314 e. The maximum absolute atomic E-state index is 11.8. The zero-order chi connectivity index (χ0) is 17.0. The second-order valence-electron chi connectivity index (χ2n) is 4.35. The van der Waals surface area contributed by atoms with E-state index < -0.39 is 22.4 Å². The maximum Gasteiger partial charge on any atom is 0.314 e. The van der Waals surface area contributed by atoms with Crippen molar-refractivity contribution >= 4 is 40.5 Å². The highest BCUT2D eigenvalue weighted by Crippen LogP contribution is 2.27. The molecule has 0 aliphatic carbocycles.